The molecular weight excluding hydrogens is 116 g/mol. The third kappa shape index (κ3) is 2.01. The Morgan fingerprint density at radius 2 is 2.56 bits per heavy atom. The summed E-state index contributed by atoms with van der Waals surface area (Å²) in [5.41, 5.74) is 1.13. The topological polar surface area (TPSA) is 33.6 Å². The van der Waals surface area contributed by atoms with E-state index in [0.717, 1.165) is 25.2 Å². The van der Waals surface area contributed by atoms with Crippen LogP contribution in [0.25, 0.3) is 0 Å². The van der Waals surface area contributed by atoms with Crippen molar-refractivity contribution in [2.75, 3.05) is 20.2 Å². The van der Waals surface area contributed by atoms with Crippen molar-refractivity contribution in [1.29, 1.82) is 0 Å². The van der Waals surface area contributed by atoms with Gasteiger partial charge >= 0.3 is 0 Å². The van der Waals surface area contributed by atoms with Gasteiger partial charge < -0.3 is 10.2 Å². The second-order valence-electron chi connectivity index (χ2n) is 2.12. The quantitative estimate of drug-likeness (QED) is 0.518. The molecule has 1 N–H and O–H groups in total. The Kier molecular flexibility index (Phi) is 2.51. The van der Waals surface area contributed by atoms with E-state index in [1.165, 1.54) is 6.42 Å². The molecule has 3 nitrogen and oxygen atoms in total. The van der Waals surface area contributed by atoms with Crippen molar-refractivity contribution >= 4 is 5.71 Å². The summed E-state index contributed by atoms with van der Waals surface area (Å²) in [7, 11) is 1.58. The third-order valence-corrected chi connectivity index (χ3v) is 1.37. The zero-order chi connectivity index (χ0) is 6.53. The van der Waals surface area contributed by atoms with Crippen LogP contribution in [0.2, 0.25) is 0 Å². The predicted molar refractivity (Wildman–Crippen MR) is 36.5 cm³/mol. The molecule has 1 aliphatic rings. The minimum absolute atomic E-state index is 0.897. The molecule has 3 heteroatoms. The average Bonchev–Trinajstić information content (AvgIpc) is 1.91. The van der Waals surface area contributed by atoms with Crippen LogP contribution >= 0.6 is 0 Å². The Labute approximate surface area is 55.1 Å². The van der Waals surface area contributed by atoms with Crippen LogP contribution in [0.3, 0.4) is 0 Å². The smallest absolute Gasteiger partial charge is 0.106 e. The van der Waals surface area contributed by atoms with Crippen molar-refractivity contribution in [3.8, 4) is 0 Å². The lowest BCUT2D eigenvalue weighted by atomic mass is 10.1. The van der Waals surface area contributed by atoms with Gasteiger partial charge in [-0.1, -0.05) is 5.16 Å². The van der Waals surface area contributed by atoms with E-state index < -0.39 is 0 Å². The maximum Gasteiger partial charge on any atom is 0.106 e. The van der Waals surface area contributed by atoms with E-state index in [-0.39, 0.29) is 0 Å². The van der Waals surface area contributed by atoms with Gasteiger partial charge in [-0.25, -0.2) is 0 Å². The molecule has 0 bridgehead atoms. The van der Waals surface area contributed by atoms with E-state index in [9.17, 15) is 0 Å². The van der Waals surface area contributed by atoms with Crippen LogP contribution in [0.1, 0.15) is 12.8 Å². The monoisotopic (exact) mass is 128 g/mol. The molecule has 0 amide bonds. The molecule has 1 fully saturated rings. The Bertz CT molecular complexity index is 104. The van der Waals surface area contributed by atoms with Gasteiger partial charge in [0.25, 0.3) is 0 Å². The highest BCUT2D eigenvalue weighted by atomic mass is 16.6. The Morgan fingerprint density at radius 3 is 3.11 bits per heavy atom. The molecule has 0 aromatic heterocycles. The second-order valence-corrected chi connectivity index (χ2v) is 2.12. The standard InChI is InChI=1S/C6H12N2O/c1-9-8-6-3-2-4-7-5-6/h7H,2-5H2,1H3. The van der Waals surface area contributed by atoms with Crippen molar-refractivity contribution < 1.29 is 4.84 Å². The van der Waals surface area contributed by atoms with Gasteiger partial charge in [-0.05, 0) is 19.4 Å². The van der Waals surface area contributed by atoms with Crippen LogP contribution in [0.5, 0.6) is 0 Å². The van der Waals surface area contributed by atoms with Crippen LogP contribution in [0.15, 0.2) is 5.16 Å². The van der Waals surface area contributed by atoms with E-state index in [0.29, 0.717) is 0 Å². The van der Waals surface area contributed by atoms with E-state index in [4.69, 9.17) is 0 Å². The number of oxime groups is 1. The summed E-state index contributed by atoms with van der Waals surface area (Å²) in [6.07, 6.45) is 2.27. The molecule has 0 aromatic rings. The SMILES string of the molecule is CON=C1CCCNC1. The fourth-order valence-electron chi connectivity index (χ4n) is 0.946. The fraction of sp³-hybridized carbons (Fsp3) is 0.833. The Morgan fingerprint density at radius 1 is 1.67 bits per heavy atom. The third-order valence-electron chi connectivity index (χ3n) is 1.37. The van der Waals surface area contributed by atoms with Crippen molar-refractivity contribution in [2.24, 2.45) is 5.16 Å². The van der Waals surface area contributed by atoms with Crippen LogP contribution in [0, 0.1) is 0 Å². The number of hydrogen-bond donors (Lipinski definition) is 1. The maximum atomic E-state index is 4.63. The molecule has 0 spiro atoms. The molecule has 0 radical (unpaired) electrons. The molecule has 0 aliphatic carbocycles. The van der Waals surface area contributed by atoms with Gasteiger partial charge in [0.15, 0.2) is 0 Å². The summed E-state index contributed by atoms with van der Waals surface area (Å²) in [4.78, 5) is 4.63. The van der Waals surface area contributed by atoms with Gasteiger partial charge in [0.2, 0.25) is 0 Å². The van der Waals surface area contributed by atoms with Gasteiger partial charge in [-0.15, -0.1) is 0 Å². The van der Waals surface area contributed by atoms with Gasteiger partial charge in [0.05, 0.1) is 5.71 Å². The van der Waals surface area contributed by atoms with Crippen molar-refractivity contribution in [2.45, 2.75) is 12.8 Å². The summed E-state index contributed by atoms with van der Waals surface area (Å²) >= 11 is 0. The first-order valence-corrected chi connectivity index (χ1v) is 3.23. The van der Waals surface area contributed by atoms with Crippen LogP contribution in [-0.4, -0.2) is 25.9 Å². The summed E-state index contributed by atoms with van der Waals surface area (Å²) in [6.45, 7) is 2.01. The largest absolute Gasteiger partial charge is 0.399 e. The van der Waals surface area contributed by atoms with Crippen LogP contribution in [-0.2, 0) is 4.84 Å². The molecule has 52 valence electrons. The van der Waals surface area contributed by atoms with Gasteiger partial charge in [-0.3, -0.25) is 0 Å². The molecule has 9 heavy (non-hydrogen) atoms. The highest BCUT2D eigenvalue weighted by molar-refractivity contribution is 5.86. The van der Waals surface area contributed by atoms with Crippen molar-refractivity contribution in [1.82, 2.24) is 5.32 Å². The minimum atomic E-state index is 0.897. The zero-order valence-corrected chi connectivity index (χ0v) is 5.68. The molecule has 1 heterocycles. The molecule has 0 unspecified atom stereocenters. The molecule has 1 saturated heterocycles. The van der Waals surface area contributed by atoms with Gasteiger partial charge in [0.1, 0.15) is 7.11 Å². The van der Waals surface area contributed by atoms with E-state index in [2.05, 4.69) is 15.3 Å². The van der Waals surface area contributed by atoms with Crippen LogP contribution in [0.4, 0.5) is 0 Å². The minimum Gasteiger partial charge on any atom is -0.399 e. The lowest BCUT2D eigenvalue weighted by Gasteiger charge is -2.12. The zero-order valence-electron chi connectivity index (χ0n) is 5.68. The Balaban J connectivity index is 2.30. The number of nitrogens with zero attached hydrogens (tertiary/aromatic N) is 1. The number of nitrogens with one attached hydrogen (secondary N) is 1. The summed E-state index contributed by atoms with van der Waals surface area (Å²) < 4.78 is 0. The molecule has 0 saturated carbocycles. The molecule has 1 rings (SSSR count). The van der Waals surface area contributed by atoms with Crippen LogP contribution < -0.4 is 5.32 Å². The first-order chi connectivity index (χ1) is 4.43. The average molecular weight is 128 g/mol. The van der Waals surface area contributed by atoms with E-state index >= 15 is 0 Å². The molecular formula is C6H12N2O. The highest BCUT2D eigenvalue weighted by Gasteiger charge is 2.04. The second kappa shape index (κ2) is 3.45. The number of piperidine rings is 1. The summed E-state index contributed by atoms with van der Waals surface area (Å²) in [6, 6.07) is 0. The van der Waals surface area contributed by atoms with Crippen molar-refractivity contribution in [3.63, 3.8) is 0 Å². The number of rotatable bonds is 1. The van der Waals surface area contributed by atoms with E-state index in [1.54, 1.807) is 7.11 Å². The predicted octanol–water partition coefficient (Wildman–Crippen LogP) is 0.372. The lowest BCUT2D eigenvalue weighted by Crippen LogP contribution is -2.29. The highest BCUT2D eigenvalue weighted by Crippen LogP contribution is 1.97. The summed E-state index contributed by atoms with van der Waals surface area (Å²) in [5, 5.41) is 7.05. The van der Waals surface area contributed by atoms with Gasteiger partial charge in [0, 0.05) is 6.54 Å². The maximum absolute atomic E-state index is 4.63. The van der Waals surface area contributed by atoms with Crippen molar-refractivity contribution in [3.05, 3.63) is 0 Å². The fourth-order valence-corrected chi connectivity index (χ4v) is 0.946. The van der Waals surface area contributed by atoms with Gasteiger partial charge in [-0.2, -0.15) is 0 Å². The summed E-state index contributed by atoms with van der Waals surface area (Å²) in [5.74, 6) is 0. The number of hydrogen-bond acceptors (Lipinski definition) is 3. The molecule has 0 atom stereocenters. The first-order valence-electron chi connectivity index (χ1n) is 3.23. The van der Waals surface area contributed by atoms with E-state index in [1.807, 2.05) is 0 Å². The molecule has 0 aromatic carbocycles. The Hall–Kier alpha value is -0.570. The first kappa shape index (κ1) is 6.55. The molecule has 1 aliphatic heterocycles. The lowest BCUT2D eigenvalue weighted by molar-refractivity contribution is 0.211. The normalized spacial score (nSPS) is 24.3.